The van der Waals surface area contributed by atoms with E-state index < -0.39 is 6.10 Å². The first-order chi connectivity index (χ1) is 20.1. The number of aliphatic hydroxyl groups is 2. The summed E-state index contributed by atoms with van der Waals surface area (Å²) in [7, 11) is 3.46. The SMILES string of the molecule is CNC[C@@H](O)COc1ccc(Cl)c(-c2nc(/C(C(C)=N)=C(\C)O)c(C)c(N3CC4(CCC(OCCOC)CC4)C3)n2)c1. The number of hydrogen-bond donors (Lipinski definition) is 4. The van der Waals surface area contributed by atoms with Gasteiger partial charge < -0.3 is 40.0 Å². The monoisotopic (exact) mass is 601 g/mol. The van der Waals surface area contributed by atoms with Crippen LogP contribution in [0, 0.1) is 17.7 Å². The first kappa shape index (κ1) is 32.2. The molecule has 0 unspecified atom stereocenters. The van der Waals surface area contributed by atoms with Gasteiger partial charge in [0.1, 0.15) is 30.0 Å². The second kappa shape index (κ2) is 14.1. The molecule has 1 saturated carbocycles. The number of aromatic nitrogens is 2. The van der Waals surface area contributed by atoms with E-state index >= 15 is 0 Å². The highest BCUT2D eigenvalue weighted by molar-refractivity contribution is 6.33. The molecule has 2 fully saturated rings. The van der Waals surface area contributed by atoms with Crippen molar-refractivity contribution in [1.29, 1.82) is 5.41 Å². The Bertz CT molecular complexity index is 1280. The van der Waals surface area contributed by atoms with Gasteiger partial charge in [0.05, 0.1) is 35.6 Å². The molecular formula is C31H44ClN5O5. The minimum atomic E-state index is -0.663. The fraction of sp³-hybridized carbons (Fsp3) is 0.581. The summed E-state index contributed by atoms with van der Waals surface area (Å²) in [6.45, 7) is 8.66. The number of rotatable bonds is 13. The van der Waals surface area contributed by atoms with Crippen LogP contribution in [0.4, 0.5) is 5.82 Å². The minimum absolute atomic E-state index is 0.0229. The van der Waals surface area contributed by atoms with E-state index in [0.717, 1.165) is 50.2 Å². The molecule has 1 spiro atoms. The van der Waals surface area contributed by atoms with Gasteiger partial charge in [-0.05, 0) is 71.7 Å². The number of nitrogens with zero attached hydrogens (tertiary/aromatic N) is 3. The molecule has 11 heteroatoms. The van der Waals surface area contributed by atoms with Gasteiger partial charge in [0.15, 0.2) is 5.82 Å². The lowest BCUT2D eigenvalue weighted by atomic mass is 9.68. The zero-order valence-corrected chi connectivity index (χ0v) is 26.1. The van der Waals surface area contributed by atoms with Crippen molar-refractivity contribution >= 4 is 28.7 Å². The number of aliphatic hydroxyl groups excluding tert-OH is 2. The summed E-state index contributed by atoms with van der Waals surface area (Å²) in [4.78, 5) is 12.1. The molecule has 4 N–H and O–H groups in total. The normalized spacial score (nSPS) is 18.0. The van der Waals surface area contributed by atoms with E-state index in [-0.39, 0.29) is 29.6 Å². The van der Waals surface area contributed by atoms with E-state index in [1.165, 1.54) is 0 Å². The molecule has 1 aromatic carbocycles. The molecule has 1 aromatic heterocycles. The molecule has 1 aliphatic heterocycles. The summed E-state index contributed by atoms with van der Waals surface area (Å²) in [5.74, 6) is 1.70. The number of benzene rings is 1. The number of anilines is 1. The average Bonchev–Trinajstić information content (AvgIpc) is 2.93. The fourth-order valence-corrected chi connectivity index (χ4v) is 6.15. The molecule has 230 valence electrons. The van der Waals surface area contributed by atoms with Gasteiger partial charge in [0, 0.05) is 49.0 Å². The van der Waals surface area contributed by atoms with Crippen LogP contribution < -0.4 is 15.0 Å². The third kappa shape index (κ3) is 7.41. The van der Waals surface area contributed by atoms with Crippen LogP contribution >= 0.6 is 11.6 Å². The lowest BCUT2D eigenvalue weighted by molar-refractivity contribution is -0.0288. The molecular weight excluding hydrogens is 558 g/mol. The van der Waals surface area contributed by atoms with Gasteiger partial charge in [-0.25, -0.2) is 9.97 Å². The van der Waals surface area contributed by atoms with Crippen LogP contribution in [-0.4, -0.2) is 91.7 Å². The molecule has 42 heavy (non-hydrogen) atoms. The highest BCUT2D eigenvalue weighted by Gasteiger charge is 2.46. The molecule has 0 amide bonds. The van der Waals surface area contributed by atoms with E-state index in [4.69, 9.17) is 41.2 Å². The summed E-state index contributed by atoms with van der Waals surface area (Å²) < 4.78 is 16.9. The van der Waals surface area contributed by atoms with Crippen LogP contribution in [0.1, 0.15) is 50.8 Å². The Hall–Kier alpha value is -2.76. The van der Waals surface area contributed by atoms with Crippen LogP contribution in [0.3, 0.4) is 0 Å². The van der Waals surface area contributed by atoms with Crippen molar-refractivity contribution < 1.29 is 24.4 Å². The molecule has 1 atom stereocenters. The first-order valence-corrected chi connectivity index (χ1v) is 14.9. The maximum absolute atomic E-state index is 10.6. The molecule has 0 bridgehead atoms. The third-order valence-electron chi connectivity index (χ3n) is 8.14. The number of ether oxygens (including phenoxy) is 3. The van der Waals surface area contributed by atoms with Gasteiger partial charge >= 0.3 is 0 Å². The Morgan fingerprint density at radius 3 is 2.55 bits per heavy atom. The summed E-state index contributed by atoms with van der Waals surface area (Å²) >= 11 is 6.66. The van der Waals surface area contributed by atoms with Crippen LogP contribution in [-0.2, 0) is 9.47 Å². The Labute approximate surface area is 253 Å². The molecule has 2 aliphatic rings. The van der Waals surface area contributed by atoms with Gasteiger partial charge in [0.25, 0.3) is 0 Å². The van der Waals surface area contributed by atoms with E-state index in [2.05, 4.69) is 10.2 Å². The van der Waals surface area contributed by atoms with Crippen molar-refractivity contribution in [3.8, 4) is 17.1 Å². The van der Waals surface area contributed by atoms with Crippen molar-refractivity contribution in [1.82, 2.24) is 15.3 Å². The van der Waals surface area contributed by atoms with Crippen LogP contribution in [0.15, 0.2) is 24.0 Å². The van der Waals surface area contributed by atoms with Gasteiger partial charge in [-0.15, -0.1) is 0 Å². The average molecular weight is 602 g/mol. The van der Waals surface area contributed by atoms with Crippen molar-refractivity contribution in [2.45, 2.75) is 58.7 Å². The van der Waals surface area contributed by atoms with Crippen molar-refractivity contribution in [2.24, 2.45) is 5.41 Å². The largest absolute Gasteiger partial charge is 0.512 e. The van der Waals surface area contributed by atoms with E-state index in [9.17, 15) is 10.2 Å². The van der Waals surface area contributed by atoms with Crippen LogP contribution in [0.2, 0.25) is 5.02 Å². The summed E-state index contributed by atoms with van der Waals surface area (Å²) in [5.41, 5.74) is 2.69. The predicted octanol–water partition coefficient (Wildman–Crippen LogP) is 4.81. The Balaban J connectivity index is 1.64. The van der Waals surface area contributed by atoms with Crippen LogP contribution in [0.25, 0.3) is 17.0 Å². The smallest absolute Gasteiger partial charge is 0.163 e. The zero-order valence-electron chi connectivity index (χ0n) is 25.3. The molecule has 4 rings (SSSR count). The lowest BCUT2D eigenvalue weighted by Crippen LogP contribution is -2.58. The lowest BCUT2D eigenvalue weighted by Gasteiger charge is -2.54. The first-order valence-electron chi connectivity index (χ1n) is 14.5. The second-order valence-corrected chi connectivity index (χ2v) is 11.9. The standard InChI is InChI=1S/C31H44ClN5O5/c1-19-28(27(20(2)33)21(3)38)35-29(25-14-24(6-7-26(25)32)42-16-22(39)15-34-4)36-30(19)37-17-31(18-37)10-8-23(9-11-31)41-13-12-40-5/h6-7,14,22-23,33-34,38-39H,8-13,15-18H2,1-5H3/b27-21+,33-20?/t22-/m1/s1. The second-order valence-electron chi connectivity index (χ2n) is 11.5. The molecule has 1 aliphatic carbocycles. The molecule has 0 radical (unpaired) electrons. The van der Waals surface area contributed by atoms with E-state index in [1.54, 1.807) is 46.2 Å². The highest BCUT2D eigenvalue weighted by Crippen LogP contribution is 2.47. The van der Waals surface area contributed by atoms with Gasteiger partial charge in [-0.2, -0.15) is 0 Å². The molecule has 2 heterocycles. The number of nitrogens with one attached hydrogen (secondary N) is 2. The topological polar surface area (TPSA) is 133 Å². The number of likely N-dealkylation sites (N-methyl/N-ethyl adjacent to an activating group) is 1. The Kier molecular flexibility index (Phi) is 10.8. The summed E-state index contributed by atoms with van der Waals surface area (Å²) in [6, 6.07) is 5.23. The number of methoxy groups -OCH3 is 1. The minimum Gasteiger partial charge on any atom is -0.512 e. The fourth-order valence-electron chi connectivity index (χ4n) is 5.95. The van der Waals surface area contributed by atoms with E-state index in [1.807, 2.05) is 6.92 Å². The van der Waals surface area contributed by atoms with Crippen molar-refractivity contribution in [2.75, 3.05) is 58.5 Å². The predicted molar refractivity (Wildman–Crippen MR) is 166 cm³/mol. The highest BCUT2D eigenvalue weighted by atomic mass is 35.5. The summed E-state index contributed by atoms with van der Waals surface area (Å²) in [5, 5.41) is 32.4. The van der Waals surface area contributed by atoms with Gasteiger partial charge in [-0.1, -0.05) is 11.6 Å². The van der Waals surface area contributed by atoms with E-state index in [0.29, 0.717) is 53.2 Å². The third-order valence-corrected chi connectivity index (χ3v) is 8.47. The molecule has 10 nitrogen and oxygen atoms in total. The van der Waals surface area contributed by atoms with Gasteiger partial charge in [0.2, 0.25) is 0 Å². The maximum atomic E-state index is 10.6. The number of hydrogen-bond acceptors (Lipinski definition) is 10. The quantitative estimate of drug-likeness (QED) is 0.145. The van der Waals surface area contributed by atoms with Crippen LogP contribution in [0.5, 0.6) is 5.75 Å². The molecule has 2 aromatic rings. The van der Waals surface area contributed by atoms with Crippen molar-refractivity contribution in [3.05, 3.63) is 40.2 Å². The Morgan fingerprint density at radius 2 is 1.93 bits per heavy atom. The number of allylic oxidation sites excluding steroid dienone is 2. The maximum Gasteiger partial charge on any atom is 0.163 e. The Morgan fingerprint density at radius 1 is 1.21 bits per heavy atom. The van der Waals surface area contributed by atoms with Crippen molar-refractivity contribution in [3.63, 3.8) is 0 Å². The summed E-state index contributed by atoms with van der Waals surface area (Å²) in [6.07, 6.45) is 3.87. The number of halogens is 1. The molecule has 1 saturated heterocycles. The van der Waals surface area contributed by atoms with Gasteiger partial charge in [-0.3, -0.25) is 0 Å². The zero-order chi connectivity index (χ0) is 30.4.